The molecule has 0 unspecified atom stereocenters. The lowest BCUT2D eigenvalue weighted by Crippen LogP contribution is -2.21. The molecule has 0 aromatic rings. The van der Waals surface area contributed by atoms with E-state index in [1.165, 1.54) is 0 Å². The summed E-state index contributed by atoms with van der Waals surface area (Å²) >= 11 is 0. The Labute approximate surface area is 93.4 Å². The molecule has 1 rings (SSSR count). The van der Waals surface area contributed by atoms with Crippen molar-refractivity contribution in [3.05, 3.63) is 0 Å². The van der Waals surface area contributed by atoms with Gasteiger partial charge in [-0.2, -0.15) is 0 Å². The van der Waals surface area contributed by atoms with Crippen molar-refractivity contribution in [1.29, 1.82) is 0 Å². The van der Waals surface area contributed by atoms with Crippen molar-refractivity contribution in [2.75, 3.05) is 0 Å². The van der Waals surface area contributed by atoms with Gasteiger partial charge in [0.25, 0.3) is 0 Å². The molecule has 0 aromatic heterocycles. The first-order valence-corrected chi connectivity index (χ1v) is 6.11. The van der Waals surface area contributed by atoms with Crippen LogP contribution in [0.1, 0.15) is 47.5 Å². The number of rotatable bonds is 4. The number of ether oxygens (including phenoxy) is 1. The minimum atomic E-state index is 0.167. The molecule has 0 spiro atoms. The van der Waals surface area contributed by atoms with Crippen LogP contribution in [0, 0.1) is 17.8 Å². The highest BCUT2D eigenvalue weighted by Gasteiger charge is 2.36. The Balaban J connectivity index is 2.51. The summed E-state index contributed by atoms with van der Waals surface area (Å²) in [6, 6.07) is 0. The quantitative estimate of drug-likeness (QED) is 0.716. The summed E-state index contributed by atoms with van der Waals surface area (Å²) in [6.45, 7) is 10.3. The molecule has 1 aliphatic rings. The van der Waals surface area contributed by atoms with Gasteiger partial charge in [-0.05, 0) is 32.6 Å². The average Bonchev–Trinajstić information content (AvgIpc) is 2.45. The first kappa shape index (κ1) is 12.7. The Hall–Kier alpha value is -0.370. The molecule has 88 valence electrons. The molecule has 1 aliphatic carbocycles. The highest BCUT2D eigenvalue weighted by Crippen LogP contribution is 2.35. The molecule has 0 radical (unpaired) electrons. The summed E-state index contributed by atoms with van der Waals surface area (Å²) < 4.78 is 5.83. The normalized spacial score (nSPS) is 31.5. The van der Waals surface area contributed by atoms with Gasteiger partial charge in [0.15, 0.2) is 0 Å². The van der Waals surface area contributed by atoms with Crippen LogP contribution in [0.4, 0.5) is 0 Å². The van der Waals surface area contributed by atoms with Crippen LogP contribution in [0.5, 0.6) is 0 Å². The monoisotopic (exact) mass is 212 g/mol. The van der Waals surface area contributed by atoms with Crippen LogP contribution < -0.4 is 0 Å². The first-order valence-electron chi connectivity index (χ1n) is 6.11. The number of hydrogen-bond acceptors (Lipinski definition) is 2. The van der Waals surface area contributed by atoms with Crippen LogP contribution in [0.2, 0.25) is 0 Å². The van der Waals surface area contributed by atoms with Crippen LogP contribution in [0.25, 0.3) is 0 Å². The van der Waals surface area contributed by atoms with E-state index in [2.05, 4.69) is 20.8 Å². The molecular formula is C13H24O2. The molecule has 1 saturated carbocycles. The van der Waals surface area contributed by atoms with Gasteiger partial charge >= 0.3 is 0 Å². The average molecular weight is 212 g/mol. The van der Waals surface area contributed by atoms with Gasteiger partial charge < -0.3 is 4.74 Å². The first-order chi connectivity index (χ1) is 6.91. The number of Topliss-reactive ketones (excluding diaryl/α,β-unsaturated/α-hetero) is 1. The van der Waals surface area contributed by atoms with Gasteiger partial charge in [-0.1, -0.05) is 20.8 Å². The summed E-state index contributed by atoms with van der Waals surface area (Å²) in [5.74, 6) is 1.35. The fourth-order valence-electron chi connectivity index (χ4n) is 2.45. The summed E-state index contributed by atoms with van der Waals surface area (Å²) in [4.78, 5) is 11.9. The van der Waals surface area contributed by atoms with Crippen molar-refractivity contribution in [1.82, 2.24) is 0 Å². The van der Waals surface area contributed by atoms with Crippen molar-refractivity contribution in [3.63, 3.8) is 0 Å². The maximum atomic E-state index is 11.9. The van der Waals surface area contributed by atoms with Crippen molar-refractivity contribution < 1.29 is 9.53 Å². The second-order valence-corrected chi connectivity index (χ2v) is 5.43. The second kappa shape index (κ2) is 5.11. The van der Waals surface area contributed by atoms with Crippen LogP contribution in [0.15, 0.2) is 0 Å². The molecule has 0 N–H and O–H groups in total. The SMILES string of the molecule is CC(C)O[C@@H]1C[C@H](C(=O)C(C)C)C[C@H]1C. The van der Waals surface area contributed by atoms with E-state index in [9.17, 15) is 4.79 Å². The van der Waals surface area contributed by atoms with E-state index >= 15 is 0 Å². The highest BCUT2D eigenvalue weighted by molar-refractivity contribution is 5.83. The third kappa shape index (κ3) is 3.30. The van der Waals surface area contributed by atoms with Gasteiger partial charge in [0, 0.05) is 11.8 Å². The molecular weight excluding hydrogens is 188 g/mol. The molecule has 0 bridgehead atoms. The molecule has 0 aliphatic heterocycles. The Morgan fingerprint density at radius 2 is 1.80 bits per heavy atom. The van der Waals surface area contributed by atoms with Gasteiger partial charge in [0.05, 0.1) is 12.2 Å². The topological polar surface area (TPSA) is 26.3 Å². The van der Waals surface area contributed by atoms with E-state index in [0.29, 0.717) is 11.7 Å². The maximum absolute atomic E-state index is 11.9. The van der Waals surface area contributed by atoms with Crippen molar-refractivity contribution >= 4 is 5.78 Å². The smallest absolute Gasteiger partial charge is 0.138 e. The van der Waals surface area contributed by atoms with Crippen LogP contribution in [-0.4, -0.2) is 18.0 Å². The third-order valence-electron chi connectivity index (χ3n) is 3.23. The van der Waals surface area contributed by atoms with Crippen LogP contribution in [0.3, 0.4) is 0 Å². The Bertz CT molecular complexity index is 221. The molecule has 1 fully saturated rings. The molecule has 2 heteroatoms. The molecule has 3 atom stereocenters. The number of ketones is 1. The zero-order chi connectivity index (χ0) is 11.6. The number of hydrogen-bond donors (Lipinski definition) is 0. The summed E-state index contributed by atoms with van der Waals surface area (Å²) in [5, 5.41) is 0. The highest BCUT2D eigenvalue weighted by atomic mass is 16.5. The summed E-state index contributed by atoms with van der Waals surface area (Å²) in [5.41, 5.74) is 0. The molecule has 0 aromatic carbocycles. The van der Waals surface area contributed by atoms with E-state index in [-0.39, 0.29) is 24.0 Å². The predicted molar refractivity (Wildman–Crippen MR) is 61.7 cm³/mol. The van der Waals surface area contributed by atoms with E-state index in [1.807, 2.05) is 13.8 Å². The van der Waals surface area contributed by atoms with E-state index in [0.717, 1.165) is 12.8 Å². The zero-order valence-electron chi connectivity index (χ0n) is 10.6. The molecule has 0 amide bonds. The van der Waals surface area contributed by atoms with Crippen molar-refractivity contribution in [3.8, 4) is 0 Å². The van der Waals surface area contributed by atoms with E-state index < -0.39 is 0 Å². The lowest BCUT2D eigenvalue weighted by Gasteiger charge is -2.19. The van der Waals surface area contributed by atoms with E-state index in [1.54, 1.807) is 0 Å². The van der Waals surface area contributed by atoms with Gasteiger partial charge in [-0.3, -0.25) is 4.79 Å². The minimum absolute atomic E-state index is 0.167. The Morgan fingerprint density at radius 3 is 2.27 bits per heavy atom. The maximum Gasteiger partial charge on any atom is 0.138 e. The van der Waals surface area contributed by atoms with Crippen LogP contribution in [-0.2, 0) is 9.53 Å². The van der Waals surface area contributed by atoms with Gasteiger partial charge in [-0.15, -0.1) is 0 Å². The summed E-state index contributed by atoms with van der Waals surface area (Å²) in [7, 11) is 0. The molecule has 0 saturated heterocycles. The Kier molecular flexibility index (Phi) is 4.32. The molecule has 2 nitrogen and oxygen atoms in total. The third-order valence-corrected chi connectivity index (χ3v) is 3.23. The number of carbonyl (C=O) groups excluding carboxylic acids is 1. The fourth-order valence-corrected chi connectivity index (χ4v) is 2.45. The lowest BCUT2D eigenvalue weighted by atomic mass is 9.93. The fraction of sp³-hybridized carbons (Fsp3) is 0.923. The zero-order valence-corrected chi connectivity index (χ0v) is 10.6. The van der Waals surface area contributed by atoms with Gasteiger partial charge in [0.1, 0.15) is 5.78 Å². The molecule has 0 heterocycles. The van der Waals surface area contributed by atoms with Crippen molar-refractivity contribution in [2.24, 2.45) is 17.8 Å². The Morgan fingerprint density at radius 1 is 1.20 bits per heavy atom. The predicted octanol–water partition coefficient (Wildman–Crippen LogP) is 3.05. The lowest BCUT2D eigenvalue weighted by molar-refractivity contribution is -0.126. The summed E-state index contributed by atoms with van der Waals surface area (Å²) in [6.07, 6.45) is 2.49. The minimum Gasteiger partial charge on any atom is -0.375 e. The standard InChI is InChI=1S/C13H24O2/c1-8(2)13(14)11-6-10(5)12(7-11)15-9(3)4/h8-12H,6-7H2,1-5H3/t10-,11-,12-/m1/s1. The van der Waals surface area contributed by atoms with Gasteiger partial charge in [-0.25, -0.2) is 0 Å². The largest absolute Gasteiger partial charge is 0.375 e. The van der Waals surface area contributed by atoms with Crippen molar-refractivity contribution in [2.45, 2.75) is 59.7 Å². The van der Waals surface area contributed by atoms with Crippen LogP contribution >= 0.6 is 0 Å². The molecule has 15 heavy (non-hydrogen) atoms. The number of carbonyl (C=O) groups is 1. The second-order valence-electron chi connectivity index (χ2n) is 5.43. The van der Waals surface area contributed by atoms with Gasteiger partial charge in [0.2, 0.25) is 0 Å². The van der Waals surface area contributed by atoms with E-state index in [4.69, 9.17) is 4.74 Å².